The molecule has 142 valence electrons. The number of alkyl carbamates (subject to hydrolysis) is 1. The number of nitrogens with two attached hydrogens (primary N) is 1. The lowest BCUT2D eigenvalue weighted by molar-refractivity contribution is -0.123. The van der Waals surface area contributed by atoms with Gasteiger partial charge in [0.1, 0.15) is 18.5 Å². The number of rotatable bonds is 8. The predicted octanol–water partition coefficient (Wildman–Crippen LogP) is 2.90. The summed E-state index contributed by atoms with van der Waals surface area (Å²) in [6, 6.07) is 12.2. The molecule has 0 aliphatic heterocycles. The van der Waals surface area contributed by atoms with Crippen LogP contribution in [0.1, 0.15) is 17.5 Å². The maximum Gasteiger partial charge on any atom is 0.408 e. The summed E-state index contributed by atoms with van der Waals surface area (Å²) >= 11 is 0. The van der Waals surface area contributed by atoms with Gasteiger partial charge in [0.05, 0.1) is 0 Å². The second kappa shape index (κ2) is 9.96. The van der Waals surface area contributed by atoms with E-state index in [1.165, 1.54) is 24.3 Å². The van der Waals surface area contributed by atoms with Crippen LogP contribution in [0.4, 0.5) is 14.9 Å². The number of hydrogen-bond acceptors (Lipinski definition) is 4. The third kappa shape index (κ3) is 6.47. The summed E-state index contributed by atoms with van der Waals surface area (Å²) in [6.07, 6.45) is 1.01. The quantitative estimate of drug-likeness (QED) is 0.491. The second-order valence-electron chi connectivity index (χ2n) is 5.84. The van der Waals surface area contributed by atoms with Crippen molar-refractivity contribution in [3.63, 3.8) is 0 Å². The number of carbonyl (C=O) groups is 2. The molecule has 0 bridgehead atoms. The van der Waals surface area contributed by atoms with E-state index in [1.807, 2.05) is 30.3 Å². The Hall–Kier alpha value is -3.35. The van der Waals surface area contributed by atoms with Crippen LogP contribution in [0.15, 0.2) is 61.2 Å². The second-order valence-corrected chi connectivity index (χ2v) is 5.84. The van der Waals surface area contributed by atoms with E-state index in [1.54, 1.807) is 0 Å². The Morgan fingerprint density at radius 3 is 2.67 bits per heavy atom. The van der Waals surface area contributed by atoms with Crippen molar-refractivity contribution in [1.29, 1.82) is 0 Å². The molecule has 0 aliphatic carbocycles. The van der Waals surface area contributed by atoms with Crippen molar-refractivity contribution in [2.75, 3.05) is 5.73 Å². The number of halogens is 1. The van der Waals surface area contributed by atoms with Crippen LogP contribution in [0.3, 0.4) is 0 Å². The Balaban J connectivity index is 1.88. The minimum Gasteiger partial charge on any atom is -0.445 e. The Morgan fingerprint density at radius 1 is 1.22 bits per heavy atom. The maximum absolute atomic E-state index is 13.3. The van der Waals surface area contributed by atoms with E-state index in [0.29, 0.717) is 11.3 Å². The van der Waals surface area contributed by atoms with Crippen molar-refractivity contribution in [3.05, 3.63) is 78.1 Å². The van der Waals surface area contributed by atoms with Crippen LogP contribution in [0.5, 0.6) is 0 Å². The van der Waals surface area contributed by atoms with E-state index in [-0.39, 0.29) is 19.6 Å². The van der Waals surface area contributed by atoms with Gasteiger partial charge < -0.3 is 21.1 Å². The number of hydrogen-bond donors (Lipinski definition) is 3. The molecular weight excluding hydrogens is 349 g/mol. The highest BCUT2D eigenvalue weighted by Crippen LogP contribution is 2.13. The smallest absolute Gasteiger partial charge is 0.408 e. The van der Waals surface area contributed by atoms with Crippen molar-refractivity contribution in [2.24, 2.45) is 0 Å². The molecule has 0 saturated carbocycles. The van der Waals surface area contributed by atoms with Crippen molar-refractivity contribution in [2.45, 2.75) is 25.6 Å². The first-order chi connectivity index (χ1) is 13.0. The zero-order chi connectivity index (χ0) is 19.6. The SMILES string of the molecule is C=CC[C@H](NC(=O)OCc1ccccc1)C(=O)NCc1cc(F)ccc1N. The number of amides is 2. The third-order valence-electron chi connectivity index (χ3n) is 3.78. The van der Waals surface area contributed by atoms with E-state index in [0.717, 1.165) is 5.56 Å². The zero-order valence-electron chi connectivity index (χ0n) is 14.8. The number of benzene rings is 2. The minimum absolute atomic E-state index is 0.0385. The number of nitrogens with one attached hydrogen (secondary N) is 2. The fourth-order valence-corrected chi connectivity index (χ4v) is 2.34. The van der Waals surface area contributed by atoms with Gasteiger partial charge in [-0.15, -0.1) is 6.58 Å². The van der Waals surface area contributed by atoms with Crippen LogP contribution in [0, 0.1) is 5.82 Å². The highest BCUT2D eigenvalue weighted by molar-refractivity contribution is 5.85. The van der Waals surface area contributed by atoms with E-state index in [9.17, 15) is 14.0 Å². The largest absolute Gasteiger partial charge is 0.445 e. The van der Waals surface area contributed by atoms with E-state index in [4.69, 9.17) is 10.5 Å². The molecule has 7 heteroatoms. The van der Waals surface area contributed by atoms with Gasteiger partial charge in [-0.1, -0.05) is 36.4 Å². The molecule has 0 unspecified atom stereocenters. The van der Waals surface area contributed by atoms with E-state index >= 15 is 0 Å². The highest BCUT2D eigenvalue weighted by Gasteiger charge is 2.20. The Labute approximate surface area is 157 Å². The van der Waals surface area contributed by atoms with Crippen LogP contribution in [-0.4, -0.2) is 18.0 Å². The van der Waals surface area contributed by atoms with E-state index < -0.39 is 23.9 Å². The van der Waals surface area contributed by atoms with E-state index in [2.05, 4.69) is 17.2 Å². The van der Waals surface area contributed by atoms with Crippen LogP contribution >= 0.6 is 0 Å². The van der Waals surface area contributed by atoms with Crippen LogP contribution < -0.4 is 16.4 Å². The van der Waals surface area contributed by atoms with Crippen LogP contribution in [-0.2, 0) is 22.7 Å². The minimum atomic E-state index is -0.861. The maximum atomic E-state index is 13.3. The Bertz CT molecular complexity index is 796. The Kier molecular flexibility index (Phi) is 7.37. The molecule has 0 radical (unpaired) electrons. The summed E-state index contributed by atoms with van der Waals surface area (Å²) in [5.41, 5.74) is 7.41. The van der Waals surface area contributed by atoms with Crippen molar-refractivity contribution in [3.8, 4) is 0 Å². The first kappa shape index (κ1) is 20.0. The average Bonchev–Trinajstić information content (AvgIpc) is 2.67. The monoisotopic (exact) mass is 371 g/mol. The molecule has 0 aliphatic rings. The first-order valence-corrected chi connectivity index (χ1v) is 8.39. The molecule has 1 atom stereocenters. The fourth-order valence-electron chi connectivity index (χ4n) is 2.34. The van der Waals surface area contributed by atoms with Gasteiger partial charge in [-0.3, -0.25) is 4.79 Å². The molecular formula is C20H22FN3O3. The summed E-state index contributed by atoms with van der Waals surface area (Å²) in [7, 11) is 0. The molecule has 0 spiro atoms. The summed E-state index contributed by atoms with van der Waals surface area (Å²) in [5, 5.41) is 5.13. The number of carbonyl (C=O) groups excluding carboxylic acids is 2. The topological polar surface area (TPSA) is 93.4 Å². The lowest BCUT2D eigenvalue weighted by Gasteiger charge is -2.17. The zero-order valence-corrected chi connectivity index (χ0v) is 14.8. The lowest BCUT2D eigenvalue weighted by atomic mass is 10.1. The normalized spacial score (nSPS) is 11.3. The molecule has 27 heavy (non-hydrogen) atoms. The van der Waals surface area contributed by atoms with Gasteiger partial charge in [0.15, 0.2) is 0 Å². The first-order valence-electron chi connectivity index (χ1n) is 8.39. The van der Waals surface area contributed by atoms with Gasteiger partial charge in [-0.05, 0) is 35.7 Å². The van der Waals surface area contributed by atoms with Crippen LogP contribution in [0.2, 0.25) is 0 Å². The number of ether oxygens (including phenoxy) is 1. The number of nitrogen functional groups attached to an aromatic ring is 1. The molecule has 2 aromatic carbocycles. The standard InChI is InChI=1S/C20H22FN3O3/c1-2-6-18(24-20(26)27-13-14-7-4-3-5-8-14)19(25)23-12-15-11-16(21)9-10-17(15)22/h2-5,7-11,18H,1,6,12-13,22H2,(H,23,25)(H,24,26)/t18-/m0/s1. The molecule has 0 heterocycles. The molecule has 0 saturated heterocycles. The molecule has 2 amide bonds. The Morgan fingerprint density at radius 2 is 1.96 bits per heavy atom. The highest BCUT2D eigenvalue weighted by atomic mass is 19.1. The average molecular weight is 371 g/mol. The van der Waals surface area contributed by atoms with Gasteiger partial charge >= 0.3 is 6.09 Å². The van der Waals surface area contributed by atoms with Gasteiger partial charge in [0.25, 0.3) is 0 Å². The molecule has 2 aromatic rings. The molecule has 0 aromatic heterocycles. The van der Waals surface area contributed by atoms with Gasteiger partial charge in [-0.2, -0.15) is 0 Å². The molecule has 6 nitrogen and oxygen atoms in total. The van der Waals surface area contributed by atoms with Crippen molar-refractivity contribution in [1.82, 2.24) is 10.6 Å². The van der Waals surface area contributed by atoms with Gasteiger partial charge in [-0.25, -0.2) is 9.18 Å². The third-order valence-corrected chi connectivity index (χ3v) is 3.78. The number of anilines is 1. The van der Waals surface area contributed by atoms with Gasteiger partial charge in [0, 0.05) is 12.2 Å². The summed E-state index contributed by atoms with van der Waals surface area (Å²) in [4.78, 5) is 24.3. The summed E-state index contributed by atoms with van der Waals surface area (Å²) in [6.45, 7) is 3.72. The molecule has 2 rings (SSSR count). The lowest BCUT2D eigenvalue weighted by Crippen LogP contribution is -2.46. The van der Waals surface area contributed by atoms with Crippen LogP contribution in [0.25, 0.3) is 0 Å². The summed E-state index contributed by atoms with van der Waals surface area (Å²) in [5.74, 6) is -0.895. The van der Waals surface area contributed by atoms with Gasteiger partial charge in [0.2, 0.25) is 5.91 Å². The fraction of sp³-hybridized carbons (Fsp3) is 0.200. The van der Waals surface area contributed by atoms with Crippen molar-refractivity contribution >= 4 is 17.7 Å². The predicted molar refractivity (Wildman–Crippen MR) is 101 cm³/mol. The molecule has 4 N–H and O–H groups in total. The molecule has 0 fully saturated rings. The summed E-state index contributed by atoms with van der Waals surface area (Å²) < 4.78 is 18.4. The van der Waals surface area contributed by atoms with Crippen molar-refractivity contribution < 1.29 is 18.7 Å².